The summed E-state index contributed by atoms with van der Waals surface area (Å²) < 4.78 is 5.79. The van der Waals surface area contributed by atoms with E-state index in [1.54, 1.807) is 6.08 Å². The largest absolute Gasteiger partial charge is 0.462 e. The summed E-state index contributed by atoms with van der Waals surface area (Å²) in [6.45, 7) is 0. The molecule has 27 heavy (non-hydrogen) atoms. The molecule has 0 amide bonds. The number of nitriles is 2. The predicted octanol–water partition coefficient (Wildman–Crippen LogP) is 5.01. The highest BCUT2D eigenvalue weighted by molar-refractivity contribution is 5.72. The second kappa shape index (κ2) is 9.38. The van der Waals surface area contributed by atoms with Gasteiger partial charge in [0.05, 0.1) is 23.6 Å². The molecular formula is C23H26N2O2. The van der Waals surface area contributed by atoms with E-state index in [4.69, 9.17) is 15.3 Å². The molecule has 0 spiro atoms. The van der Waals surface area contributed by atoms with Crippen molar-refractivity contribution in [2.24, 2.45) is 11.8 Å². The molecule has 2 aliphatic rings. The number of carbonyl (C=O) groups is 1. The number of rotatable bonds is 4. The first-order chi connectivity index (χ1) is 13.2. The van der Waals surface area contributed by atoms with Crippen molar-refractivity contribution in [3.05, 3.63) is 47.5 Å². The first kappa shape index (κ1) is 19.2. The quantitative estimate of drug-likeness (QED) is 0.557. The maximum atomic E-state index is 12.5. The number of carbonyl (C=O) groups excluding carboxylic acids is 1. The molecule has 2 saturated carbocycles. The van der Waals surface area contributed by atoms with Crippen LogP contribution in [-0.4, -0.2) is 12.1 Å². The van der Waals surface area contributed by atoms with E-state index in [0.717, 1.165) is 51.4 Å². The summed E-state index contributed by atoms with van der Waals surface area (Å²) in [5.41, 5.74) is 1.96. The van der Waals surface area contributed by atoms with Crippen LogP contribution in [-0.2, 0) is 9.53 Å². The number of hydrogen-bond donors (Lipinski definition) is 0. The highest BCUT2D eigenvalue weighted by Gasteiger charge is 2.30. The molecule has 1 aromatic carbocycles. The number of ether oxygens (including phenoxy) is 1. The Morgan fingerprint density at radius 3 is 2.22 bits per heavy atom. The Morgan fingerprint density at radius 1 is 0.963 bits per heavy atom. The second-order valence-electron chi connectivity index (χ2n) is 7.74. The lowest BCUT2D eigenvalue weighted by atomic mass is 9.78. The van der Waals surface area contributed by atoms with E-state index in [1.807, 2.05) is 36.4 Å². The highest BCUT2D eigenvalue weighted by atomic mass is 16.5. The third-order valence-electron chi connectivity index (χ3n) is 6.02. The Balaban J connectivity index is 1.43. The van der Waals surface area contributed by atoms with Gasteiger partial charge in [-0.05, 0) is 80.9 Å². The monoisotopic (exact) mass is 362 g/mol. The van der Waals surface area contributed by atoms with Crippen molar-refractivity contribution >= 4 is 5.97 Å². The molecule has 2 fully saturated rings. The van der Waals surface area contributed by atoms with Crippen molar-refractivity contribution < 1.29 is 9.53 Å². The fourth-order valence-electron chi connectivity index (χ4n) is 4.33. The van der Waals surface area contributed by atoms with Crippen LogP contribution >= 0.6 is 0 Å². The fraction of sp³-hybridized carbons (Fsp3) is 0.522. The number of allylic oxidation sites excluding steroid dienone is 2. The molecule has 1 aromatic rings. The van der Waals surface area contributed by atoms with Crippen LogP contribution in [0.1, 0.15) is 68.4 Å². The summed E-state index contributed by atoms with van der Waals surface area (Å²) in [7, 11) is 0. The van der Waals surface area contributed by atoms with Gasteiger partial charge in [0, 0.05) is 6.08 Å². The predicted molar refractivity (Wildman–Crippen MR) is 102 cm³/mol. The van der Waals surface area contributed by atoms with Crippen LogP contribution in [0.2, 0.25) is 0 Å². The molecule has 0 unspecified atom stereocenters. The molecule has 0 aliphatic heterocycles. The number of esters is 1. The minimum atomic E-state index is -0.0238. The molecule has 0 N–H and O–H groups in total. The van der Waals surface area contributed by atoms with Crippen molar-refractivity contribution in [3.8, 4) is 12.1 Å². The van der Waals surface area contributed by atoms with E-state index < -0.39 is 0 Å². The van der Waals surface area contributed by atoms with Gasteiger partial charge in [0.2, 0.25) is 0 Å². The Hall–Kier alpha value is -2.59. The van der Waals surface area contributed by atoms with Gasteiger partial charge in [-0.2, -0.15) is 10.5 Å². The van der Waals surface area contributed by atoms with Crippen LogP contribution in [0.5, 0.6) is 0 Å². The summed E-state index contributed by atoms with van der Waals surface area (Å²) in [6.07, 6.45) is 11.1. The van der Waals surface area contributed by atoms with E-state index in [9.17, 15) is 4.79 Å². The zero-order valence-corrected chi connectivity index (χ0v) is 15.6. The molecule has 0 aromatic heterocycles. The molecule has 0 radical (unpaired) electrons. The van der Waals surface area contributed by atoms with E-state index in [0.29, 0.717) is 17.4 Å². The van der Waals surface area contributed by atoms with Crippen molar-refractivity contribution in [2.75, 3.05) is 0 Å². The molecule has 3 rings (SSSR count). The Morgan fingerprint density at radius 2 is 1.63 bits per heavy atom. The van der Waals surface area contributed by atoms with Gasteiger partial charge in [-0.1, -0.05) is 18.2 Å². The van der Waals surface area contributed by atoms with E-state index in [2.05, 4.69) is 6.07 Å². The van der Waals surface area contributed by atoms with Gasteiger partial charge in [-0.25, -0.2) is 0 Å². The third kappa shape index (κ3) is 5.20. The van der Waals surface area contributed by atoms with E-state index in [1.165, 1.54) is 5.56 Å². The van der Waals surface area contributed by atoms with Crippen LogP contribution in [0.15, 0.2) is 36.4 Å². The van der Waals surface area contributed by atoms with Crippen LogP contribution in [0.4, 0.5) is 0 Å². The van der Waals surface area contributed by atoms with Gasteiger partial charge in [0.15, 0.2) is 0 Å². The summed E-state index contributed by atoms with van der Waals surface area (Å²) in [5.74, 6) is 0.923. The molecule has 0 bridgehead atoms. The first-order valence-corrected chi connectivity index (χ1v) is 9.96. The van der Waals surface area contributed by atoms with Gasteiger partial charge in [0.1, 0.15) is 6.10 Å². The Kier molecular flexibility index (Phi) is 6.66. The van der Waals surface area contributed by atoms with Gasteiger partial charge in [-0.15, -0.1) is 0 Å². The molecule has 0 saturated heterocycles. The smallest absolute Gasteiger partial charge is 0.309 e. The Labute approximate surface area is 161 Å². The second-order valence-corrected chi connectivity index (χ2v) is 7.74. The number of benzene rings is 1. The van der Waals surface area contributed by atoms with Crippen molar-refractivity contribution in [1.29, 1.82) is 10.5 Å². The van der Waals surface area contributed by atoms with Crippen LogP contribution in [0.25, 0.3) is 0 Å². The van der Waals surface area contributed by atoms with E-state index >= 15 is 0 Å². The van der Waals surface area contributed by atoms with Gasteiger partial charge in [-0.3, -0.25) is 4.79 Å². The molecule has 2 aliphatic carbocycles. The molecular weight excluding hydrogens is 336 g/mol. The molecule has 4 nitrogen and oxygen atoms in total. The first-order valence-electron chi connectivity index (χ1n) is 9.96. The fourth-order valence-corrected chi connectivity index (χ4v) is 4.33. The van der Waals surface area contributed by atoms with E-state index in [-0.39, 0.29) is 18.0 Å². The maximum Gasteiger partial charge on any atom is 0.309 e. The Bertz CT molecular complexity index is 738. The van der Waals surface area contributed by atoms with Crippen LogP contribution in [0.3, 0.4) is 0 Å². The van der Waals surface area contributed by atoms with Gasteiger partial charge >= 0.3 is 5.97 Å². The SMILES string of the molecule is N#C/C=C/C1CCC(OC(=O)C2CCC(c3ccc(C#N)cc3)CC2)CC1. The zero-order chi connectivity index (χ0) is 19.1. The average Bonchev–Trinajstić information content (AvgIpc) is 2.73. The normalized spacial score (nSPS) is 28.2. The zero-order valence-electron chi connectivity index (χ0n) is 15.6. The summed E-state index contributed by atoms with van der Waals surface area (Å²) in [4.78, 5) is 12.5. The lowest BCUT2D eigenvalue weighted by Gasteiger charge is -2.31. The minimum Gasteiger partial charge on any atom is -0.462 e. The van der Waals surface area contributed by atoms with Crippen LogP contribution in [0, 0.1) is 34.5 Å². The minimum absolute atomic E-state index is 0.0238. The van der Waals surface area contributed by atoms with Crippen molar-refractivity contribution in [1.82, 2.24) is 0 Å². The lowest BCUT2D eigenvalue weighted by molar-refractivity contribution is -0.157. The molecule has 4 heteroatoms. The number of nitrogens with zero attached hydrogens (tertiary/aromatic N) is 2. The van der Waals surface area contributed by atoms with Gasteiger partial charge < -0.3 is 4.74 Å². The molecule has 0 heterocycles. The maximum absolute atomic E-state index is 12.5. The average molecular weight is 362 g/mol. The highest BCUT2D eigenvalue weighted by Crippen LogP contribution is 2.37. The standard InChI is InChI=1S/C23H26N2O2/c24-15-1-2-17-5-13-22(14-6-17)27-23(26)21-11-9-20(10-12-21)19-7-3-18(16-25)4-8-19/h1-4,7-8,17,20-22H,5-6,9-14H2/b2-1+. The topological polar surface area (TPSA) is 73.9 Å². The molecule has 0 atom stereocenters. The lowest BCUT2D eigenvalue weighted by Crippen LogP contribution is -2.29. The summed E-state index contributed by atoms with van der Waals surface area (Å²) >= 11 is 0. The third-order valence-corrected chi connectivity index (χ3v) is 6.02. The van der Waals surface area contributed by atoms with Crippen molar-refractivity contribution in [3.63, 3.8) is 0 Å². The van der Waals surface area contributed by atoms with Crippen LogP contribution < -0.4 is 0 Å². The van der Waals surface area contributed by atoms with Crippen molar-refractivity contribution in [2.45, 2.75) is 63.4 Å². The van der Waals surface area contributed by atoms with Gasteiger partial charge in [0.25, 0.3) is 0 Å². The molecule has 140 valence electrons. The number of hydrogen-bond acceptors (Lipinski definition) is 4. The summed E-state index contributed by atoms with van der Waals surface area (Å²) in [6, 6.07) is 12.0. The summed E-state index contributed by atoms with van der Waals surface area (Å²) in [5, 5.41) is 17.5.